The number of hydrogen-bond donors (Lipinski definition) is 2. The van der Waals surface area contributed by atoms with E-state index in [0.717, 1.165) is 5.69 Å². The molecule has 2 rings (SSSR count). The monoisotopic (exact) mass is 233 g/mol. The minimum Gasteiger partial charge on any atom is -0.396 e. The van der Waals surface area contributed by atoms with Crippen LogP contribution in [-0.4, -0.2) is 32.5 Å². The largest absolute Gasteiger partial charge is 0.396 e. The Morgan fingerprint density at radius 3 is 3.06 bits per heavy atom. The summed E-state index contributed by atoms with van der Waals surface area (Å²) in [4.78, 5) is 0. The minimum absolute atomic E-state index is 0.0360. The van der Waals surface area contributed by atoms with Gasteiger partial charge in [-0.25, -0.2) is 0 Å². The molecule has 90 valence electrons. The van der Waals surface area contributed by atoms with E-state index in [-0.39, 0.29) is 6.10 Å². The van der Waals surface area contributed by atoms with Gasteiger partial charge in [0.15, 0.2) is 0 Å². The number of nitrogens with two attached hydrogens (primary N) is 1. The van der Waals surface area contributed by atoms with Gasteiger partial charge >= 0.3 is 0 Å². The molecule has 1 unspecified atom stereocenters. The van der Waals surface area contributed by atoms with Crippen LogP contribution in [-0.2, 0) is 9.47 Å². The number of ether oxygens (including phenoxy) is 2. The summed E-state index contributed by atoms with van der Waals surface area (Å²) in [6, 6.07) is 7.40. The molecule has 0 amide bonds. The highest BCUT2D eigenvalue weighted by Gasteiger charge is 2.14. The molecule has 5 heteroatoms. The van der Waals surface area contributed by atoms with Crippen molar-refractivity contribution >= 4 is 11.4 Å². The van der Waals surface area contributed by atoms with E-state index in [9.17, 15) is 0 Å². The van der Waals surface area contributed by atoms with Gasteiger partial charge in [0.2, 0.25) is 0 Å². The molecule has 1 aromatic carbocycles. The van der Waals surface area contributed by atoms with Crippen molar-refractivity contribution in [3.63, 3.8) is 0 Å². The Hall–Kier alpha value is -1.77. The second-order valence-electron chi connectivity index (χ2n) is 3.83. The van der Waals surface area contributed by atoms with Gasteiger partial charge in [0.1, 0.15) is 6.07 Å². The molecule has 3 N–H and O–H groups in total. The van der Waals surface area contributed by atoms with E-state index in [1.165, 1.54) is 0 Å². The average Bonchev–Trinajstić information content (AvgIpc) is 2.39. The second-order valence-corrected chi connectivity index (χ2v) is 3.83. The van der Waals surface area contributed by atoms with Crippen molar-refractivity contribution in [3.05, 3.63) is 23.8 Å². The molecule has 0 bridgehead atoms. The van der Waals surface area contributed by atoms with Crippen LogP contribution in [0.5, 0.6) is 0 Å². The first-order valence-electron chi connectivity index (χ1n) is 5.53. The third-order valence-electron chi connectivity index (χ3n) is 2.63. The number of nitrogens with one attached hydrogen (secondary N) is 1. The van der Waals surface area contributed by atoms with E-state index in [2.05, 4.69) is 11.4 Å². The highest BCUT2D eigenvalue weighted by Crippen LogP contribution is 2.22. The van der Waals surface area contributed by atoms with Crippen LogP contribution in [0, 0.1) is 11.3 Å². The number of nitriles is 1. The van der Waals surface area contributed by atoms with E-state index in [1.807, 2.05) is 6.07 Å². The SMILES string of the molecule is N#Cc1cccc(NCC2COCCO2)c1N. The van der Waals surface area contributed by atoms with Crippen LogP contribution >= 0.6 is 0 Å². The Balaban J connectivity index is 1.96. The molecule has 1 atom stereocenters. The summed E-state index contributed by atoms with van der Waals surface area (Å²) in [7, 11) is 0. The molecule has 1 aliphatic heterocycles. The van der Waals surface area contributed by atoms with Gasteiger partial charge in [-0.05, 0) is 12.1 Å². The Kier molecular flexibility index (Phi) is 3.81. The van der Waals surface area contributed by atoms with Crippen molar-refractivity contribution < 1.29 is 9.47 Å². The Labute approximate surface area is 100 Å². The fraction of sp³-hybridized carbons (Fsp3) is 0.417. The zero-order valence-corrected chi connectivity index (χ0v) is 9.48. The molecule has 0 radical (unpaired) electrons. The summed E-state index contributed by atoms with van der Waals surface area (Å²) >= 11 is 0. The molecule has 5 nitrogen and oxygen atoms in total. The second kappa shape index (κ2) is 5.53. The van der Waals surface area contributed by atoms with Crippen molar-refractivity contribution in [3.8, 4) is 6.07 Å². The number of para-hydroxylation sites is 1. The molecule has 0 aromatic heterocycles. The van der Waals surface area contributed by atoms with Gasteiger partial charge in [-0.3, -0.25) is 0 Å². The topological polar surface area (TPSA) is 80.3 Å². The lowest BCUT2D eigenvalue weighted by Crippen LogP contribution is -2.34. The Morgan fingerprint density at radius 2 is 2.35 bits per heavy atom. The lowest BCUT2D eigenvalue weighted by atomic mass is 10.1. The van der Waals surface area contributed by atoms with Gasteiger partial charge in [-0.2, -0.15) is 5.26 Å². The van der Waals surface area contributed by atoms with E-state index < -0.39 is 0 Å². The minimum atomic E-state index is 0.0360. The maximum absolute atomic E-state index is 8.86. The third kappa shape index (κ3) is 2.87. The quantitative estimate of drug-likeness (QED) is 0.760. The summed E-state index contributed by atoms with van der Waals surface area (Å²) in [5.41, 5.74) is 7.58. The number of benzene rings is 1. The normalized spacial score (nSPS) is 19.6. The Morgan fingerprint density at radius 1 is 1.47 bits per heavy atom. The van der Waals surface area contributed by atoms with Crippen molar-refractivity contribution in [2.45, 2.75) is 6.10 Å². The summed E-state index contributed by atoms with van der Waals surface area (Å²) in [5, 5.41) is 12.0. The Bertz CT molecular complexity index is 422. The van der Waals surface area contributed by atoms with Gasteiger partial charge in [0.25, 0.3) is 0 Å². The molecule has 1 saturated heterocycles. The first-order valence-corrected chi connectivity index (χ1v) is 5.53. The standard InChI is InChI=1S/C12H15N3O2/c13-6-9-2-1-3-11(12(9)14)15-7-10-8-16-4-5-17-10/h1-3,10,15H,4-5,7-8,14H2. The van der Waals surface area contributed by atoms with Crippen molar-refractivity contribution in [2.24, 2.45) is 0 Å². The van der Waals surface area contributed by atoms with E-state index >= 15 is 0 Å². The molecule has 1 aliphatic rings. The predicted molar refractivity (Wildman–Crippen MR) is 64.6 cm³/mol. The summed E-state index contributed by atoms with van der Waals surface area (Å²) in [6.07, 6.45) is 0.0360. The number of rotatable bonds is 3. The van der Waals surface area contributed by atoms with Gasteiger partial charge in [-0.15, -0.1) is 0 Å². The number of anilines is 2. The van der Waals surface area contributed by atoms with Crippen molar-refractivity contribution in [2.75, 3.05) is 37.4 Å². The van der Waals surface area contributed by atoms with Crippen LogP contribution in [0.2, 0.25) is 0 Å². The molecule has 17 heavy (non-hydrogen) atoms. The zero-order chi connectivity index (χ0) is 12.1. The van der Waals surface area contributed by atoms with E-state index in [1.54, 1.807) is 12.1 Å². The molecular weight excluding hydrogens is 218 g/mol. The fourth-order valence-electron chi connectivity index (χ4n) is 1.70. The molecule has 0 aliphatic carbocycles. The van der Waals surface area contributed by atoms with Gasteiger partial charge < -0.3 is 20.5 Å². The molecular formula is C12H15N3O2. The first-order chi connectivity index (χ1) is 8.31. The molecule has 0 spiro atoms. The van der Waals surface area contributed by atoms with Gasteiger partial charge in [0, 0.05) is 6.54 Å². The summed E-state index contributed by atoms with van der Waals surface area (Å²) < 4.78 is 10.8. The first kappa shape index (κ1) is 11.7. The smallest absolute Gasteiger partial charge is 0.101 e. The predicted octanol–water partition coefficient (Wildman–Crippen LogP) is 0.968. The maximum atomic E-state index is 8.86. The fourth-order valence-corrected chi connectivity index (χ4v) is 1.70. The van der Waals surface area contributed by atoms with Crippen LogP contribution in [0.4, 0.5) is 11.4 Å². The molecule has 1 fully saturated rings. The molecule has 1 heterocycles. The van der Waals surface area contributed by atoms with Crippen LogP contribution in [0.3, 0.4) is 0 Å². The summed E-state index contributed by atoms with van der Waals surface area (Å²) in [6.45, 7) is 2.49. The number of nitrogens with zero attached hydrogens (tertiary/aromatic N) is 1. The lowest BCUT2D eigenvalue weighted by molar-refractivity contribution is -0.0818. The van der Waals surface area contributed by atoms with E-state index in [4.69, 9.17) is 20.5 Å². The van der Waals surface area contributed by atoms with Crippen LogP contribution in [0.1, 0.15) is 5.56 Å². The highest BCUT2D eigenvalue weighted by atomic mass is 16.6. The summed E-state index contributed by atoms with van der Waals surface area (Å²) in [5.74, 6) is 0. The zero-order valence-electron chi connectivity index (χ0n) is 9.48. The lowest BCUT2D eigenvalue weighted by Gasteiger charge is -2.23. The number of hydrogen-bond acceptors (Lipinski definition) is 5. The number of nitrogen functional groups attached to an aromatic ring is 1. The van der Waals surface area contributed by atoms with Crippen molar-refractivity contribution in [1.29, 1.82) is 5.26 Å². The van der Waals surface area contributed by atoms with Crippen molar-refractivity contribution in [1.82, 2.24) is 0 Å². The van der Waals surface area contributed by atoms with Crippen LogP contribution in [0.15, 0.2) is 18.2 Å². The van der Waals surface area contributed by atoms with E-state index in [0.29, 0.717) is 37.6 Å². The third-order valence-corrected chi connectivity index (χ3v) is 2.63. The molecule has 0 saturated carbocycles. The van der Waals surface area contributed by atoms with Crippen LogP contribution in [0.25, 0.3) is 0 Å². The van der Waals surface area contributed by atoms with Gasteiger partial charge in [0.05, 0.1) is 42.9 Å². The molecule has 1 aromatic rings. The maximum Gasteiger partial charge on any atom is 0.101 e. The van der Waals surface area contributed by atoms with Crippen LogP contribution < -0.4 is 11.1 Å². The average molecular weight is 233 g/mol. The highest BCUT2D eigenvalue weighted by molar-refractivity contribution is 5.72. The van der Waals surface area contributed by atoms with Gasteiger partial charge in [-0.1, -0.05) is 6.07 Å².